The molecule has 0 saturated heterocycles. The van der Waals surface area contributed by atoms with Crippen molar-refractivity contribution in [3.05, 3.63) is 70.8 Å². The molecular formula is C19H18O8. The highest BCUT2D eigenvalue weighted by Crippen LogP contribution is 2.11. The Morgan fingerprint density at radius 2 is 0.852 bits per heavy atom. The van der Waals surface area contributed by atoms with Crippen molar-refractivity contribution in [1.29, 1.82) is 0 Å². The van der Waals surface area contributed by atoms with Gasteiger partial charge in [0.15, 0.2) is 0 Å². The van der Waals surface area contributed by atoms with Gasteiger partial charge in [0.2, 0.25) is 0 Å². The minimum absolute atomic E-state index is 0.0469. The van der Waals surface area contributed by atoms with Crippen LogP contribution in [0.25, 0.3) is 0 Å². The highest BCUT2D eigenvalue weighted by atomic mass is 16.5. The first kappa shape index (κ1) is 21.4. The molecule has 27 heavy (non-hydrogen) atoms. The number of carboxylic acid groups (broad SMARTS) is 1. The van der Waals surface area contributed by atoms with Gasteiger partial charge in [-0.1, -0.05) is 24.3 Å². The zero-order chi connectivity index (χ0) is 20.4. The molecule has 0 aliphatic rings. The highest BCUT2D eigenvalue weighted by Gasteiger charge is 2.17. The van der Waals surface area contributed by atoms with Gasteiger partial charge in [0.25, 0.3) is 0 Å². The van der Waals surface area contributed by atoms with Crippen LogP contribution in [0.3, 0.4) is 0 Å². The summed E-state index contributed by atoms with van der Waals surface area (Å²) in [6.07, 6.45) is 0. The second kappa shape index (κ2) is 10.3. The van der Waals surface area contributed by atoms with Crippen LogP contribution in [0.4, 0.5) is 0 Å². The highest BCUT2D eigenvalue weighted by molar-refractivity contribution is 6.03. The van der Waals surface area contributed by atoms with E-state index in [1.54, 1.807) is 24.3 Å². The lowest BCUT2D eigenvalue weighted by Crippen LogP contribution is -2.11. The average Bonchev–Trinajstić information content (AvgIpc) is 2.72. The predicted molar refractivity (Wildman–Crippen MR) is 93.9 cm³/mol. The largest absolute Gasteiger partial charge is 0.478 e. The SMILES string of the molecule is COC(=O)c1ccccc1C(=O)O.COC(=O)c1ccccc1C(=O)OC. The molecule has 0 aromatic heterocycles. The normalized spacial score (nSPS) is 9.30. The number of benzene rings is 2. The summed E-state index contributed by atoms with van der Waals surface area (Å²) in [5, 5.41) is 8.70. The number of aromatic carboxylic acids is 1. The second-order valence-electron chi connectivity index (χ2n) is 4.87. The number of carbonyl (C=O) groups is 4. The lowest BCUT2D eigenvalue weighted by molar-refractivity contribution is 0.0555. The summed E-state index contributed by atoms with van der Waals surface area (Å²) in [5.41, 5.74) is 0.440. The minimum atomic E-state index is -1.14. The zero-order valence-corrected chi connectivity index (χ0v) is 14.9. The van der Waals surface area contributed by atoms with E-state index in [1.165, 1.54) is 45.6 Å². The van der Waals surface area contributed by atoms with Crippen LogP contribution in [0.1, 0.15) is 41.4 Å². The molecule has 2 aromatic rings. The van der Waals surface area contributed by atoms with Crippen LogP contribution in [0.15, 0.2) is 48.5 Å². The lowest BCUT2D eigenvalue weighted by atomic mass is 10.1. The Bertz CT molecular complexity index is 806. The fraction of sp³-hybridized carbons (Fsp3) is 0.158. The van der Waals surface area contributed by atoms with E-state index in [0.29, 0.717) is 0 Å². The lowest BCUT2D eigenvalue weighted by Gasteiger charge is -2.04. The predicted octanol–water partition coefficient (Wildman–Crippen LogP) is 2.43. The third-order valence-electron chi connectivity index (χ3n) is 3.30. The summed E-state index contributed by atoms with van der Waals surface area (Å²) in [5.74, 6) is -2.88. The average molecular weight is 374 g/mol. The van der Waals surface area contributed by atoms with Crippen molar-refractivity contribution in [1.82, 2.24) is 0 Å². The Hall–Kier alpha value is -3.68. The standard InChI is InChI=1S/C10H10O4.C9H8O4/c1-13-9(11)7-5-3-4-6-8(7)10(12)14-2;1-13-9(12)7-5-3-2-4-6(7)8(10)11/h3-6H,1-2H3;2-5H,1H3,(H,10,11). The summed E-state index contributed by atoms with van der Waals surface area (Å²) in [6, 6.07) is 12.2. The number of methoxy groups -OCH3 is 3. The van der Waals surface area contributed by atoms with E-state index in [2.05, 4.69) is 14.2 Å². The number of esters is 3. The number of rotatable bonds is 4. The van der Waals surface area contributed by atoms with Gasteiger partial charge in [-0.15, -0.1) is 0 Å². The Labute approximate surface area is 155 Å². The second-order valence-corrected chi connectivity index (χ2v) is 4.87. The number of hydrogen-bond donors (Lipinski definition) is 1. The molecule has 0 aliphatic heterocycles. The van der Waals surface area contributed by atoms with Gasteiger partial charge in [-0.25, -0.2) is 19.2 Å². The first-order chi connectivity index (χ1) is 12.9. The van der Waals surface area contributed by atoms with E-state index in [0.717, 1.165) is 0 Å². The van der Waals surface area contributed by atoms with E-state index in [-0.39, 0.29) is 22.3 Å². The molecule has 0 amide bonds. The summed E-state index contributed by atoms with van der Waals surface area (Å²) in [6.45, 7) is 0. The molecule has 2 rings (SSSR count). The van der Waals surface area contributed by atoms with Gasteiger partial charge in [0.1, 0.15) is 0 Å². The van der Waals surface area contributed by atoms with Gasteiger partial charge in [-0.05, 0) is 24.3 Å². The van der Waals surface area contributed by atoms with Gasteiger partial charge in [0, 0.05) is 0 Å². The van der Waals surface area contributed by atoms with E-state index < -0.39 is 23.9 Å². The number of hydrogen-bond acceptors (Lipinski definition) is 7. The molecule has 1 N–H and O–H groups in total. The molecule has 0 radical (unpaired) electrons. The monoisotopic (exact) mass is 374 g/mol. The Kier molecular flexibility index (Phi) is 8.18. The summed E-state index contributed by atoms with van der Waals surface area (Å²) in [4.78, 5) is 44.1. The first-order valence-electron chi connectivity index (χ1n) is 7.53. The number of ether oxygens (including phenoxy) is 3. The smallest absolute Gasteiger partial charge is 0.338 e. The first-order valence-corrected chi connectivity index (χ1v) is 7.53. The van der Waals surface area contributed by atoms with E-state index in [1.807, 2.05) is 0 Å². The topological polar surface area (TPSA) is 116 Å². The molecule has 8 heteroatoms. The van der Waals surface area contributed by atoms with Crippen molar-refractivity contribution in [3.8, 4) is 0 Å². The Morgan fingerprint density at radius 3 is 1.11 bits per heavy atom. The molecule has 0 atom stereocenters. The molecule has 0 unspecified atom stereocenters. The fourth-order valence-corrected chi connectivity index (χ4v) is 2.02. The quantitative estimate of drug-likeness (QED) is 0.641. The van der Waals surface area contributed by atoms with Crippen LogP contribution in [0.2, 0.25) is 0 Å². The maximum absolute atomic E-state index is 11.2. The van der Waals surface area contributed by atoms with Crippen LogP contribution in [-0.4, -0.2) is 50.3 Å². The molecule has 0 bridgehead atoms. The van der Waals surface area contributed by atoms with Crippen LogP contribution >= 0.6 is 0 Å². The van der Waals surface area contributed by atoms with Crippen molar-refractivity contribution >= 4 is 23.9 Å². The van der Waals surface area contributed by atoms with Gasteiger partial charge in [-0.2, -0.15) is 0 Å². The van der Waals surface area contributed by atoms with Gasteiger partial charge in [-0.3, -0.25) is 0 Å². The van der Waals surface area contributed by atoms with Crippen LogP contribution < -0.4 is 0 Å². The third-order valence-corrected chi connectivity index (χ3v) is 3.30. The zero-order valence-electron chi connectivity index (χ0n) is 14.9. The number of carbonyl (C=O) groups excluding carboxylic acids is 3. The molecule has 0 saturated carbocycles. The van der Waals surface area contributed by atoms with Gasteiger partial charge in [0.05, 0.1) is 43.6 Å². The molecular weight excluding hydrogens is 356 g/mol. The molecule has 142 valence electrons. The Balaban J connectivity index is 0.000000271. The molecule has 0 fully saturated rings. The van der Waals surface area contributed by atoms with Crippen LogP contribution in [0, 0.1) is 0 Å². The maximum Gasteiger partial charge on any atom is 0.338 e. The third kappa shape index (κ3) is 5.67. The van der Waals surface area contributed by atoms with E-state index in [4.69, 9.17) is 5.11 Å². The fourth-order valence-electron chi connectivity index (χ4n) is 2.02. The van der Waals surface area contributed by atoms with Crippen molar-refractivity contribution in [3.63, 3.8) is 0 Å². The van der Waals surface area contributed by atoms with Gasteiger partial charge < -0.3 is 19.3 Å². The number of carboxylic acids is 1. The molecule has 2 aromatic carbocycles. The van der Waals surface area contributed by atoms with Crippen LogP contribution in [-0.2, 0) is 14.2 Å². The minimum Gasteiger partial charge on any atom is -0.478 e. The summed E-state index contributed by atoms with van der Waals surface area (Å²) < 4.78 is 13.5. The van der Waals surface area contributed by atoms with Crippen molar-refractivity contribution in [2.24, 2.45) is 0 Å². The van der Waals surface area contributed by atoms with Crippen molar-refractivity contribution in [2.45, 2.75) is 0 Å². The molecule has 0 heterocycles. The summed E-state index contributed by atoms with van der Waals surface area (Å²) in [7, 11) is 3.73. The maximum atomic E-state index is 11.2. The van der Waals surface area contributed by atoms with Gasteiger partial charge >= 0.3 is 23.9 Å². The molecule has 8 nitrogen and oxygen atoms in total. The van der Waals surface area contributed by atoms with E-state index >= 15 is 0 Å². The molecule has 0 aliphatic carbocycles. The van der Waals surface area contributed by atoms with Crippen LogP contribution in [0.5, 0.6) is 0 Å². The molecule has 0 spiro atoms. The van der Waals surface area contributed by atoms with Crippen molar-refractivity contribution in [2.75, 3.05) is 21.3 Å². The van der Waals surface area contributed by atoms with Crippen molar-refractivity contribution < 1.29 is 38.5 Å². The Morgan fingerprint density at radius 1 is 0.593 bits per heavy atom. The summed E-state index contributed by atoms with van der Waals surface area (Å²) >= 11 is 0. The van der Waals surface area contributed by atoms with E-state index in [9.17, 15) is 19.2 Å².